The summed E-state index contributed by atoms with van der Waals surface area (Å²) in [7, 11) is 0. The quantitative estimate of drug-likeness (QED) is 0.571. The van der Waals surface area contributed by atoms with Crippen LogP contribution in [0.2, 0.25) is 0 Å². The molecule has 0 N–H and O–H groups in total. The molecule has 112 valence electrons. The Labute approximate surface area is 132 Å². The van der Waals surface area contributed by atoms with Crippen LogP contribution in [-0.2, 0) is 6.54 Å². The van der Waals surface area contributed by atoms with Gasteiger partial charge in [-0.15, -0.1) is 0 Å². The van der Waals surface area contributed by atoms with E-state index in [2.05, 4.69) is 15.0 Å². The fraction of sp³-hybridized carbons (Fsp3) is 0.111. The van der Waals surface area contributed by atoms with Crippen LogP contribution >= 0.6 is 0 Å². The number of aryl methyl sites for hydroxylation is 1. The molecule has 23 heavy (non-hydrogen) atoms. The van der Waals surface area contributed by atoms with Gasteiger partial charge in [-0.3, -0.25) is 9.36 Å². The minimum Gasteiger partial charge on any atom is -0.293 e. The zero-order chi connectivity index (χ0) is 15.8. The van der Waals surface area contributed by atoms with E-state index in [1.165, 1.54) is 0 Å². The molecule has 2 aromatic carbocycles. The number of aromatic nitrogens is 4. The highest BCUT2D eigenvalue weighted by molar-refractivity contribution is 5.77. The third-order valence-corrected chi connectivity index (χ3v) is 3.89. The SMILES string of the molecule is Cc1nc2ccccc2nc1Cn1cnc2ccccc2c1=O. The Morgan fingerprint density at radius 1 is 0.913 bits per heavy atom. The van der Waals surface area contributed by atoms with Crippen molar-refractivity contribution >= 4 is 21.9 Å². The van der Waals surface area contributed by atoms with Crippen molar-refractivity contribution in [3.05, 3.63) is 76.6 Å². The summed E-state index contributed by atoms with van der Waals surface area (Å²) in [5.41, 5.74) is 3.93. The number of nitrogens with zero attached hydrogens (tertiary/aromatic N) is 4. The molecule has 0 aliphatic heterocycles. The molecule has 0 fully saturated rings. The van der Waals surface area contributed by atoms with Crippen LogP contribution in [0.5, 0.6) is 0 Å². The second-order valence-electron chi connectivity index (χ2n) is 5.44. The number of para-hydroxylation sites is 3. The van der Waals surface area contributed by atoms with Crippen LogP contribution in [0.15, 0.2) is 59.7 Å². The highest BCUT2D eigenvalue weighted by Gasteiger charge is 2.09. The molecule has 0 aliphatic carbocycles. The maximum Gasteiger partial charge on any atom is 0.261 e. The highest BCUT2D eigenvalue weighted by Crippen LogP contribution is 2.13. The summed E-state index contributed by atoms with van der Waals surface area (Å²) in [6, 6.07) is 15.1. The maximum atomic E-state index is 12.6. The summed E-state index contributed by atoms with van der Waals surface area (Å²) in [5.74, 6) is 0. The van der Waals surface area contributed by atoms with Gasteiger partial charge >= 0.3 is 0 Å². The minimum atomic E-state index is -0.0649. The summed E-state index contributed by atoms with van der Waals surface area (Å²) in [5, 5.41) is 0.612. The van der Waals surface area contributed by atoms with E-state index in [0.717, 1.165) is 22.4 Å². The second-order valence-corrected chi connectivity index (χ2v) is 5.44. The molecule has 0 aliphatic rings. The van der Waals surface area contributed by atoms with E-state index in [-0.39, 0.29) is 5.56 Å². The van der Waals surface area contributed by atoms with Gasteiger partial charge < -0.3 is 0 Å². The van der Waals surface area contributed by atoms with Crippen LogP contribution in [-0.4, -0.2) is 19.5 Å². The Morgan fingerprint density at radius 3 is 2.35 bits per heavy atom. The monoisotopic (exact) mass is 302 g/mol. The van der Waals surface area contributed by atoms with Gasteiger partial charge in [0.25, 0.3) is 5.56 Å². The van der Waals surface area contributed by atoms with Gasteiger partial charge in [-0.1, -0.05) is 24.3 Å². The largest absolute Gasteiger partial charge is 0.293 e. The molecule has 0 radical (unpaired) electrons. The van der Waals surface area contributed by atoms with Crippen LogP contribution in [0.25, 0.3) is 21.9 Å². The van der Waals surface area contributed by atoms with Crippen LogP contribution in [0.1, 0.15) is 11.4 Å². The Morgan fingerprint density at radius 2 is 1.57 bits per heavy atom. The molecule has 0 amide bonds. The number of hydrogen-bond donors (Lipinski definition) is 0. The normalized spacial score (nSPS) is 11.2. The van der Waals surface area contributed by atoms with Crippen molar-refractivity contribution in [3.8, 4) is 0 Å². The third-order valence-electron chi connectivity index (χ3n) is 3.89. The summed E-state index contributed by atoms with van der Waals surface area (Å²) >= 11 is 0. The molecule has 4 aromatic rings. The molecule has 4 rings (SSSR count). The smallest absolute Gasteiger partial charge is 0.261 e. The van der Waals surface area contributed by atoms with E-state index in [1.807, 2.05) is 49.4 Å². The molecule has 0 bridgehead atoms. The molecule has 0 unspecified atom stereocenters. The molecule has 2 heterocycles. The van der Waals surface area contributed by atoms with Gasteiger partial charge in [0.1, 0.15) is 0 Å². The molecule has 0 atom stereocenters. The Balaban J connectivity index is 1.83. The average molecular weight is 302 g/mol. The molecule has 5 nitrogen and oxygen atoms in total. The van der Waals surface area contributed by atoms with Gasteiger partial charge in [0.2, 0.25) is 0 Å². The molecule has 5 heteroatoms. The van der Waals surface area contributed by atoms with Crippen LogP contribution in [0.3, 0.4) is 0 Å². The van der Waals surface area contributed by atoms with Crippen molar-refractivity contribution in [2.24, 2.45) is 0 Å². The minimum absolute atomic E-state index is 0.0649. The number of fused-ring (bicyclic) bond motifs is 2. The molecule has 0 saturated heterocycles. The molecule has 0 saturated carbocycles. The summed E-state index contributed by atoms with van der Waals surface area (Å²) in [6.07, 6.45) is 1.57. The standard InChI is InChI=1S/C18H14N4O/c1-12-17(21-16-9-5-4-8-15(16)20-12)10-22-11-19-14-7-3-2-6-13(14)18(22)23/h2-9,11H,10H2,1H3. The van der Waals surface area contributed by atoms with Crippen molar-refractivity contribution in [1.82, 2.24) is 19.5 Å². The zero-order valence-corrected chi connectivity index (χ0v) is 12.6. The van der Waals surface area contributed by atoms with Crippen molar-refractivity contribution in [2.75, 3.05) is 0 Å². The first-order valence-electron chi connectivity index (χ1n) is 7.39. The lowest BCUT2D eigenvalue weighted by Crippen LogP contribution is -2.22. The summed E-state index contributed by atoms with van der Waals surface area (Å²) < 4.78 is 1.58. The van der Waals surface area contributed by atoms with Gasteiger partial charge in [-0.05, 0) is 31.2 Å². The lowest BCUT2D eigenvalue weighted by Gasteiger charge is -2.09. The molecule has 2 aromatic heterocycles. The Bertz CT molecular complexity index is 1080. The highest BCUT2D eigenvalue weighted by atomic mass is 16.1. The summed E-state index contributed by atoms with van der Waals surface area (Å²) in [4.78, 5) is 26.1. The average Bonchev–Trinajstić information content (AvgIpc) is 2.58. The maximum absolute atomic E-state index is 12.6. The Hall–Kier alpha value is -3.08. The van der Waals surface area contributed by atoms with E-state index in [1.54, 1.807) is 17.0 Å². The molecular weight excluding hydrogens is 288 g/mol. The van der Waals surface area contributed by atoms with Gasteiger partial charge in [0.15, 0.2) is 0 Å². The molecular formula is C18H14N4O. The van der Waals surface area contributed by atoms with E-state index in [0.29, 0.717) is 17.4 Å². The van der Waals surface area contributed by atoms with E-state index >= 15 is 0 Å². The fourth-order valence-electron chi connectivity index (χ4n) is 2.65. The van der Waals surface area contributed by atoms with Gasteiger partial charge in [-0.25, -0.2) is 15.0 Å². The van der Waals surface area contributed by atoms with E-state index in [9.17, 15) is 4.79 Å². The first-order valence-corrected chi connectivity index (χ1v) is 7.39. The molecule has 0 spiro atoms. The number of rotatable bonds is 2. The van der Waals surface area contributed by atoms with Gasteiger partial charge in [0.05, 0.1) is 46.2 Å². The van der Waals surface area contributed by atoms with Crippen LogP contribution in [0.4, 0.5) is 0 Å². The van der Waals surface area contributed by atoms with Crippen molar-refractivity contribution in [2.45, 2.75) is 13.5 Å². The predicted molar refractivity (Wildman–Crippen MR) is 89.4 cm³/mol. The summed E-state index contributed by atoms with van der Waals surface area (Å²) in [6.45, 7) is 2.27. The van der Waals surface area contributed by atoms with Crippen molar-refractivity contribution in [3.63, 3.8) is 0 Å². The number of benzene rings is 2. The fourth-order valence-corrected chi connectivity index (χ4v) is 2.65. The van der Waals surface area contributed by atoms with E-state index in [4.69, 9.17) is 0 Å². The van der Waals surface area contributed by atoms with Gasteiger partial charge in [-0.2, -0.15) is 0 Å². The first kappa shape index (κ1) is 13.6. The topological polar surface area (TPSA) is 60.7 Å². The first-order chi connectivity index (χ1) is 11.2. The second kappa shape index (κ2) is 5.28. The lowest BCUT2D eigenvalue weighted by molar-refractivity contribution is 0.723. The van der Waals surface area contributed by atoms with Gasteiger partial charge in [0, 0.05) is 0 Å². The third kappa shape index (κ3) is 2.36. The van der Waals surface area contributed by atoms with Crippen molar-refractivity contribution in [1.29, 1.82) is 0 Å². The van der Waals surface area contributed by atoms with Crippen LogP contribution < -0.4 is 5.56 Å². The Kier molecular flexibility index (Phi) is 3.12. The van der Waals surface area contributed by atoms with Crippen molar-refractivity contribution < 1.29 is 0 Å². The zero-order valence-electron chi connectivity index (χ0n) is 12.6. The lowest BCUT2D eigenvalue weighted by atomic mass is 10.2. The number of hydrogen-bond acceptors (Lipinski definition) is 4. The predicted octanol–water partition coefficient (Wildman–Crippen LogP) is 2.70. The van der Waals surface area contributed by atoms with Crippen LogP contribution in [0, 0.1) is 6.92 Å². The van der Waals surface area contributed by atoms with E-state index < -0.39 is 0 Å².